The highest BCUT2D eigenvalue weighted by Gasteiger charge is 2.07. The molecule has 0 aliphatic rings. The third kappa shape index (κ3) is 2.93. The van der Waals surface area contributed by atoms with Crippen LogP contribution in [0.2, 0.25) is 10.0 Å². The van der Waals surface area contributed by atoms with Crippen molar-refractivity contribution in [3.63, 3.8) is 0 Å². The van der Waals surface area contributed by atoms with Crippen LogP contribution in [0, 0.1) is 0 Å². The van der Waals surface area contributed by atoms with Gasteiger partial charge in [-0.15, -0.1) is 10.2 Å². The zero-order valence-corrected chi connectivity index (χ0v) is 12.5. The van der Waals surface area contributed by atoms with Crippen LogP contribution in [-0.4, -0.2) is 10.2 Å². The summed E-state index contributed by atoms with van der Waals surface area (Å²) in [5.74, 6) is 0. The standard InChI is InChI=1S/C14H9Cl2N3S/c15-11-7-6-10(8-12(11)16)17-14-19-18-13(20-14)9-4-2-1-3-5-9/h1-8H,(H,17,19). The molecule has 20 heavy (non-hydrogen) atoms. The third-order valence-corrected chi connectivity index (χ3v) is 4.24. The van der Waals surface area contributed by atoms with Gasteiger partial charge in [-0.25, -0.2) is 0 Å². The topological polar surface area (TPSA) is 37.8 Å². The van der Waals surface area contributed by atoms with Gasteiger partial charge in [0, 0.05) is 11.3 Å². The minimum atomic E-state index is 0.504. The van der Waals surface area contributed by atoms with Crippen molar-refractivity contribution < 1.29 is 0 Å². The van der Waals surface area contributed by atoms with Crippen molar-refractivity contribution in [1.82, 2.24) is 10.2 Å². The molecule has 0 spiro atoms. The van der Waals surface area contributed by atoms with Gasteiger partial charge in [0.15, 0.2) is 0 Å². The van der Waals surface area contributed by atoms with Crippen LogP contribution in [0.15, 0.2) is 48.5 Å². The molecule has 0 aliphatic carbocycles. The van der Waals surface area contributed by atoms with E-state index in [1.54, 1.807) is 12.1 Å². The second kappa shape index (κ2) is 5.79. The number of aromatic nitrogens is 2. The molecule has 0 unspecified atom stereocenters. The summed E-state index contributed by atoms with van der Waals surface area (Å²) >= 11 is 13.3. The molecule has 0 saturated heterocycles. The zero-order valence-electron chi connectivity index (χ0n) is 10.2. The summed E-state index contributed by atoms with van der Waals surface area (Å²) < 4.78 is 0. The largest absolute Gasteiger partial charge is 0.330 e. The van der Waals surface area contributed by atoms with Crippen LogP contribution >= 0.6 is 34.5 Å². The number of anilines is 2. The van der Waals surface area contributed by atoms with Crippen LogP contribution in [0.1, 0.15) is 0 Å². The summed E-state index contributed by atoms with van der Waals surface area (Å²) in [7, 11) is 0. The quantitative estimate of drug-likeness (QED) is 0.715. The SMILES string of the molecule is Clc1ccc(Nc2nnc(-c3ccccc3)s2)cc1Cl. The van der Waals surface area contributed by atoms with Crippen molar-refractivity contribution >= 4 is 45.4 Å². The smallest absolute Gasteiger partial charge is 0.210 e. The molecule has 0 aliphatic heterocycles. The summed E-state index contributed by atoms with van der Waals surface area (Å²) in [5, 5.41) is 14.1. The Bertz CT molecular complexity index is 728. The van der Waals surface area contributed by atoms with Crippen molar-refractivity contribution in [3.8, 4) is 10.6 Å². The molecule has 1 N–H and O–H groups in total. The Morgan fingerprint density at radius 1 is 0.900 bits per heavy atom. The number of rotatable bonds is 3. The molecule has 1 aromatic heterocycles. The van der Waals surface area contributed by atoms with Gasteiger partial charge in [0.05, 0.1) is 10.0 Å². The van der Waals surface area contributed by atoms with Gasteiger partial charge in [0.2, 0.25) is 5.13 Å². The molecule has 0 saturated carbocycles. The highest BCUT2D eigenvalue weighted by molar-refractivity contribution is 7.18. The Kier molecular flexibility index (Phi) is 3.87. The van der Waals surface area contributed by atoms with E-state index in [0.29, 0.717) is 15.2 Å². The van der Waals surface area contributed by atoms with Gasteiger partial charge in [-0.05, 0) is 18.2 Å². The predicted octanol–water partition coefficient (Wildman–Crippen LogP) is 5.26. The molecule has 1 heterocycles. The minimum Gasteiger partial charge on any atom is -0.330 e. The Morgan fingerprint density at radius 3 is 2.45 bits per heavy atom. The number of nitrogens with one attached hydrogen (secondary N) is 1. The zero-order chi connectivity index (χ0) is 13.9. The Balaban J connectivity index is 1.82. The molecule has 2 aromatic carbocycles. The van der Waals surface area contributed by atoms with Gasteiger partial charge in [-0.2, -0.15) is 0 Å². The highest BCUT2D eigenvalue weighted by atomic mass is 35.5. The normalized spacial score (nSPS) is 10.5. The summed E-state index contributed by atoms with van der Waals surface area (Å²) in [6.07, 6.45) is 0. The molecule has 100 valence electrons. The lowest BCUT2D eigenvalue weighted by molar-refractivity contribution is 1.10. The first-order valence-electron chi connectivity index (χ1n) is 5.83. The molecule has 3 rings (SSSR count). The van der Waals surface area contributed by atoms with Gasteiger partial charge in [0.1, 0.15) is 5.01 Å². The first kappa shape index (κ1) is 13.4. The Hall–Kier alpha value is -1.62. The van der Waals surface area contributed by atoms with Crippen molar-refractivity contribution in [1.29, 1.82) is 0 Å². The highest BCUT2D eigenvalue weighted by Crippen LogP contribution is 2.30. The van der Waals surface area contributed by atoms with Gasteiger partial charge >= 0.3 is 0 Å². The second-order valence-corrected chi connectivity index (χ2v) is 5.82. The van der Waals surface area contributed by atoms with Crippen LogP contribution in [-0.2, 0) is 0 Å². The fourth-order valence-electron chi connectivity index (χ4n) is 1.67. The van der Waals surface area contributed by atoms with E-state index in [9.17, 15) is 0 Å². The van der Waals surface area contributed by atoms with Crippen molar-refractivity contribution in [2.75, 3.05) is 5.32 Å². The maximum absolute atomic E-state index is 5.98. The van der Waals surface area contributed by atoms with Gasteiger partial charge in [-0.3, -0.25) is 0 Å². The summed E-state index contributed by atoms with van der Waals surface area (Å²) in [5.41, 5.74) is 1.88. The fourth-order valence-corrected chi connectivity index (χ4v) is 2.74. The molecule has 0 radical (unpaired) electrons. The van der Waals surface area contributed by atoms with Crippen molar-refractivity contribution in [3.05, 3.63) is 58.6 Å². The lowest BCUT2D eigenvalue weighted by Crippen LogP contribution is -1.89. The average Bonchev–Trinajstić information content (AvgIpc) is 2.92. The second-order valence-electron chi connectivity index (χ2n) is 4.03. The third-order valence-electron chi connectivity index (χ3n) is 2.62. The molecular weight excluding hydrogens is 313 g/mol. The maximum atomic E-state index is 5.98. The minimum absolute atomic E-state index is 0.504. The number of benzene rings is 2. The van der Waals surface area contributed by atoms with E-state index in [1.807, 2.05) is 36.4 Å². The molecular formula is C14H9Cl2N3S. The molecule has 0 fully saturated rings. The van der Waals surface area contributed by atoms with Crippen LogP contribution in [0.25, 0.3) is 10.6 Å². The number of hydrogen-bond acceptors (Lipinski definition) is 4. The summed E-state index contributed by atoms with van der Waals surface area (Å²) in [4.78, 5) is 0. The van der Waals surface area contributed by atoms with Crippen LogP contribution < -0.4 is 5.32 Å². The molecule has 0 amide bonds. The summed E-state index contributed by atoms with van der Waals surface area (Å²) in [6.45, 7) is 0. The molecule has 0 atom stereocenters. The molecule has 3 aromatic rings. The van der Waals surface area contributed by atoms with Gasteiger partial charge in [-0.1, -0.05) is 64.9 Å². The number of nitrogens with zero attached hydrogens (tertiary/aromatic N) is 2. The van der Waals surface area contributed by atoms with E-state index >= 15 is 0 Å². The first-order valence-corrected chi connectivity index (χ1v) is 7.40. The van der Waals surface area contributed by atoms with E-state index in [-0.39, 0.29) is 0 Å². The average molecular weight is 322 g/mol. The van der Waals surface area contributed by atoms with Crippen LogP contribution in [0.5, 0.6) is 0 Å². The van der Waals surface area contributed by atoms with Crippen LogP contribution in [0.4, 0.5) is 10.8 Å². The van der Waals surface area contributed by atoms with E-state index in [0.717, 1.165) is 16.3 Å². The lowest BCUT2D eigenvalue weighted by Gasteiger charge is -2.02. The van der Waals surface area contributed by atoms with Crippen molar-refractivity contribution in [2.24, 2.45) is 0 Å². The fraction of sp³-hybridized carbons (Fsp3) is 0. The maximum Gasteiger partial charge on any atom is 0.210 e. The molecule has 0 bridgehead atoms. The Labute approximate surface area is 130 Å². The Morgan fingerprint density at radius 2 is 1.70 bits per heavy atom. The lowest BCUT2D eigenvalue weighted by atomic mass is 10.2. The number of hydrogen-bond donors (Lipinski definition) is 1. The van der Waals surface area contributed by atoms with Gasteiger partial charge in [0.25, 0.3) is 0 Å². The molecule has 6 heteroatoms. The van der Waals surface area contributed by atoms with E-state index in [1.165, 1.54) is 11.3 Å². The van der Waals surface area contributed by atoms with E-state index in [4.69, 9.17) is 23.2 Å². The first-order chi connectivity index (χ1) is 9.72. The van der Waals surface area contributed by atoms with Crippen LogP contribution in [0.3, 0.4) is 0 Å². The monoisotopic (exact) mass is 321 g/mol. The van der Waals surface area contributed by atoms with Gasteiger partial charge < -0.3 is 5.32 Å². The number of halogens is 2. The predicted molar refractivity (Wildman–Crippen MR) is 85.1 cm³/mol. The van der Waals surface area contributed by atoms with E-state index in [2.05, 4.69) is 15.5 Å². The molecule has 3 nitrogen and oxygen atoms in total. The van der Waals surface area contributed by atoms with E-state index < -0.39 is 0 Å². The summed E-state index contributed by atoms with van der Waals surface area (Å²) in [6, 6.07) is 15.3. The van der Waals surface area contributed by atoms with Crippen molar-refractivity contribution in [2.45, 2.75) is 0 Å².